The average Bonchev–Trinajstić information content (AvgIpc) is 2.86. The fourth-order valence-electron chi connectivity index (χ4n) is 2.18. The topological polar surface area (TPSA) is 62.2 Å². The van der Waals surface area contributed by atoms with Crippen LogP contribution in [0.25, 0.3) is 0 Å². The summed E-state index contributed by atoms with van der Waals surface area (Å²) < 4.78 is 9.13. The lowest BCUT2D eigenvalue weighted by Crippen LogP contribution is -2.24. The van der Waals surface area contributed by atoms with E-state index in [0.717, 1.165) is 30.7 Å². The van der Waals surface area contributed by atoms with Crippen molar-refractivity contribution in [2.24, 2.45) is 5.73 Å². The molecular formula is C16H23N3O2. The van der Waals surface area contributed by atoms with E-state index in [2.05, 4.69) is 6.92 Å². The Balaban J connectivity index is 1.77. The molecule has 0 spiro atoms. The number of ether oxygens (including phenoxy) is 1. The van der Waals surface area contributed by atoms with Gasteiger partial charge in [-0.1, -0.05) is 19.1 Å². The molecule has 0 fully saturated rings. The third-order valence-electron chi connectivity index (χ3n) is 3.35. The van der Waals surface area contributed by atoms with Crippen LogP contribution in [0.1, 0.15) is 25.3 Å². The second kappa shape index (κ2) is 7.69. The zero-order valence-electron chi connectivity index (χ0n) is 12.5. The average molecular weight is 289 g/mol. The standard InChI is InChI=1S/C16H23N3O2/c1-2-8-18-10-11-19(16(18)20)9-3-12-21-15-6-4-14(13-17)5-7-15/h4-7,10-11H,2-3,8-9,12-13,17H2,1H3. The molecule has 0 atom stereocenters. The lowest BCUT2D eigenvalue weighted by Gasteiger charge is -2.07. The normalized spacial score (nSPS) is 10.8. The van der Waals surface area contributed by atoms with Gasteiger partial charge in [0.05, 0.1) is 6.61 Å². The van der Waals surface area contributed by atoms with E-state index in [-0.39, 0.29) is 5.69 Å². The third kappa shape index (κ3) is 4.23. The van der Waals surface area contributed by atoms with Crippen molar-refractivity contribution in [1.82, 2.24) is 9.13 Å². The van der Waals surface area contributed by atoms with E-state index in [1.165, 1.54) is 0 Å². The highest BCUT2D eigenvalue weighted by molar-refractivity contribution is 5.26. The minimum absolute atomic E-state index is 0.0594. The molecule has 5 nitrogen and oxygen atoms in total. The maximum Gasteiger partial charge on any atom is 0.328 e. The summed E-state index contributed by atoms with van der Waals surface area (Å²) in [4.78, 5) is 12.0. The molecule has 0 aliphatic rings. The van der Waals surface area contributed by atoms with E-state index < -0.39 is 0 Å². The van der Waals surface area contributed by atoms with Crippen LogP contribution in [0.5, 0.6) is 5.75 Å². The first kappa shape index (κ1) is 15.4. The first-order chi connectivity index (χ1) is 10.2. The highest BCUT2D eigenvalue weighted by atomic mass is 16.5. The molecule has 1 aromatic carbocycles. The van der Waals surface area contributed by atoms with Crippen LogP contribution in [-0.2, 0) is 19.6 Å². The number of rotatable bonds is 8. The molecule has 0 unspecified atom stereocenters. The van der Waals surface area contributed by atoms with Crippen molar-refractivity contribution in [3.8, 4) is 5.75 Å². The van der Waals surface area contributed by atoms with Gasteiger partial charge in [-0.2, -0.15) is 0 Å². The molecule has 0 saturated carbocycles. The Bertz CT molecular complexity index is 599. The van der Waals surface area contributed by atoms with Crippen LogP contribution < -0.4 is 16.2 Å². The van der Waals surface area contributed by atoms with Crippen molar-refractivity contribution in [2.45, 2.75) is 39.4 Å². The molecule has 5 heteroatoms. The van der Waals surface area contributed by atoms with Crippen molar-refractivity contribution in [3.05, 3.63) is 52.7 Å². The van der Waals surface area contributed by atoms with Gasteiger partial charge in [0.25, 0.3) is 0 Å². The molecule has 2 aromatic rings. The van der Waals surface area contributed by atoms with Gasteiger partial charge in [-0.15, -0.1) is 0 Å². The Labute approximate surface area is 125 Å². The molecule has 2 rings (SSSR count). The van der Waals surface area contributed by atoms with Crippen molar-refractivity contribution in [1.29, 1.82) is 0 Å². The molecular weight excluding hydrogens is 266 g/mol. The Morgan fingerprint density at radius 3 is 2.38 bits per heavy atom. The molecule has 0 aliphatic heterocycles. The number of nitrogens with two attached hydrogens (primary N) is 1. The van der Waals surface area contributed by atoms with Gasteiger partial charge in [0, 0.05) is 32.0 Å². The maximum atomic E-state index is 12.0. The van der Waals surface area contributed by atoms with E-state index in [4.69, 9.17) is 10.5 Å². The largest absolute Gasteiger partial charge is 0.494 e. The number of nitrogens with zero attached hydrogens (tertiary/aromatic N) is 2. The molecule has 1 aromatic heterocycles. The van der Waals surface area contributed by atoms with Crippen LogP contribution in [0.3, 0.4) is 0 Å². The first-order valence-corrected chi connectivity index (χ1v) is 7.42. The van der Waals surface area contributed by atoms with Crippen molar-refractivity contribution >= 4 is 0 Å². The summed E-state index contributed by atoms with van der Waals surface area (Å²) in [5.74, 6) is 0.836. The summed E-state index contributed by atoms with van der Waals surface area (Å²) in [5, 5.41) is 0. The Kier molecular flexibility index (Phi) is 5.63. The number of aromatic nitrogens is 2. The number of hydrogen-bond donors (Lipinski definition) is 1. The Morgan fingerprint density at radius 1 is 1.10 bits per heavy atom. The van der Waals surface area contributed by atoms with Crippen LogP contribution in [0.4, 0.5) is 0 Å². The van der Waals surface area contributed by atoms with E-state index in [9.17, 15) is 4.79 Å². The number of aryl methyl sites for hydroxylation is 2. The monoisotopic (exact) mass is 289 g/mol. The smallest absolute Gasteiger partial charge is 0.328 e. The summed E-state index contributed by atoms with van der Waals surface area (Å²) in [5.41, 5.74) is 6.70. The fourth-order valence-corrected chi connectivity index (χ4v) is 2.18. The zero-order chi connectivity index (χ0) is 15.1. The lowest BCUT2D eigenvalue weighted by atomic mass is 10.2. The van der Waals surface area contributed by atoms with Crippen LogP contribution >= 0.6 is 0 Å². The summed E-state index contributed by atoms with van der Waals surface area (Å²) in [6.07, 6.45) is 5.45. The van der Waals surface area contributed by atoms with Gasteiger partial charge in [0.2, 0.25) is 0 Å². The van der Waals surface area contributed by atoms with Gasteiger partial charge in [-0.3, -0.25) is 9.13 Å². The second-order valence-corrected chi connectivity index (χ2v) is 5.02. The highest BCUT2D eigenvalue weighted by Gasteiger charge is 2.02. The summed E-state index contributed by atoms with van der Waals surface area (Å²) in [6.45, 7) is 4.64. The lowest BCUT2D eigenvalue weighted by molar-refractivity contribution is 0.300. The Morgan fingerprint density at radius 2 is 1.76 bits per heavy atom. The zero-order valence-corrected chi connectivity index (χ0v) is 12.5. The maximum absolute atomic E-state index is 12.0. The van der Waals surface area contributed by atoms with Gasteiger partial charge in [0.15, 0.2) is 0 Å². The summed E-state index contributed by atoms with van der Waals surface area (Å²) in [6, 6.07) is 7.77. The predicted octanol–water partition coefficient (Wildman–Crippen LogP) is 1.99. The SMILES string of the molecule is CCCn1ccn(CCCOc2ccc(CN)cc2)c1=O. The third-order valence-corrected chi connectivity index (χ3v) is 3.35. The molecule has 0 aliphatic carbocycles. The quantitative estimate of drug-likeness (QED) is 0.756. The molecule has 0 bridgehead atoms. The molecule has 114 valence electrons. The van der Waals surface area contributed by atoms with Gasteiger partial charge >= 0.3 is 5.69 Å². The minimum Gasteiger partial charge on any atom is -0.494 e. The summed E-state index contributed by atoms with van der Waals surface area (Å²) in [7, 11) is 0. The highest BCUT2D eigenvalue weighted by Crippen LogP contribution is 2.12. The number of benzene rings is 1. The van der Waals surface area contributed by atoms with Gasteiger partial charge in [0.1, 0.15) is 5.75 Å². The van der Waals surface area contributed by atoms with Crippen molar-refractivity contribution in [2.75, 3.05) is 6.61 Å². The fraction of sp³-hybridized carbons (Fsp3) is 0.438. The molecule has 0 radical (unpaired) electrons. The molecule has 0 saturated heterocycles. The van der Waals surface area contributed by atoms with Crippen molar-refractivity contribution < 1.29 is 4.74 Å². The van der Waals surface area contributed by atoms with Crippen LogP contribution in [0, 0.1) is 0 Å². The van der Waals surface area contributed by atoms with Crippen molar-refractivity contribution in [3.63, 3.8) is 0 Å². The Hall–Kier alpha value is -2.01. The minimum atomic E-state index is 0.0594. The number of imidazole rings is 1. The van der Waals surface area contributed by atoms with Gasteiger partial charge in [-0.05, 0) is 30.5 Å². The van der Waals surface area contributed by atoms with Gasteiger partial charge in [-0.25, -0.2) is 4.79 Å². The van der Waals surface area contributed by atoms with Gasteiger partial charge < -0.3 is 10.5 Å². The van der Waals surface area contributed by atoms with Crippen LogP contribution in [-0.4, -0.2) is 15.7 Å². The number of hydrogen-bond acceptors (Lipinski definition) is 3. The molecule has 2 N–H and O–H groups in total. The first-order valence-electron chi connectivity index (χ1n) is 7.42. The van der Waals surface area contributed by atoms with E-state index in [0.29, 0.717) is 19.7 Å². The molecule has 0 amide bonds. The second-order valence-electron chi connectivity index (χ2n) is 5.02. The van der Waals surface area contributed by atoms with Crippen LogP contribution in [0.2, 0.25) is 0 Å². The molecule has 21 heavy (non-hydrogen) atoms. The van der Waals surface area contributed by atoms with E-state index in [1.807, 2.05) is 36.7 Å². The van der Waals surface area contributed by atoms with Crippen LogP contribution in [0.15, 0.2) is 41.5 Å². The molecule has 1 heterocycles. The summed E-state index contributed by atoms with van der Waals surface area (Å²) >= 11 is 0. The van der Waals surface area contributed by atoms with E-state index in [1.54, 1.807) is 9.13 Å². The van der Waals surface area contributed by atoms with E-state index >= 15 is 0 Å². The predicted molar refractivity (Wildman–Crippen MR) is 83.4 cm³/mol.